The van der Waals surface area contributed by atoms with Gasteiger partial charge in [-0.15, -0.1) is 0 Å². The van der Waals surface area contributed by atoms with Crippen LogP contribution in [-0.2, 0) is 9.73 Å². The van der Waals surface area contributed by atoms with Crippen molar-refractivity contribution in [2.24, 2.45) is 4.36 Å². The number of nitrogens with zero attached hydrogens (tertiary/aromatic N) is 3. The van der Waals surface area contributed by atoms with Crippen molar-refractivity contribution in [1.82, 2.24) is 15.3 Å². The SMILES string of the molecule is Cc1cc(N=S(C)(C)=O)cc2ncnc(Nc3ccc(F)cc3O[C@@H]3CCCNC3)c12. The van der Waals surface area contributed by atoms with Crippen LogP contribution in [0.15, 0.2) is 41.0 Å². The lowest BCUT2D eigenvalue weighted by Gasteiger charge is -2.25. The Balaban J connectivity index is 1.71. The van der Waals surface area contributed by atoms with E-state index in [-0.39, 0.29) is 11.9 Å². The Morgan fingerprint density at radius 2 is 2.10 bits per heavy atom. The fourth-order valence-electron chi connectivity index (χ4n) is 3.70. The molecule has 0 spiro atoms. The topological polar surface area (TPSA) is 88.5 Å². The minimum absolute atomic E-state index is 0.0119. The van der Waals surface area contributed by atoms with Gasteiger partial charge in [-0.1, -0.05) is 0 Å². The summed E-state index contributed by atoms with van der Waals surface area (Å²) in [6.45, 7) is 3.63. The Morgan fingerprint density at radius 3 is 2.84 bits per heavy atom. The van der Waals surface area contributed by atoms with Crippen LogP contribution in [0.3, 0.4) is 0 Å². The first-order valence-electron chi connectivity index (χ1n) is 10.1. The summed E-state index contributed by atoms with van der Waals surface area (Å²) >= 11 is 0. The molecule has 1 aromatic heterocycles. The molecule has 7 nitrogen and oxygen atoms in total. The van der Waals surface area contributed by atoms with Crippen molar-refractivity contribution in [1.29, 1.82) is 0 Å². The van der Waals surface area contributed by atoms with Crippen LogP contribution in [0.1, 0.15) is 18.4 Å². The molecule has 1 aliphatic heterocycles. The van der Waals surface area contributed by atoms with Gasteiger partial charge in [-0.3, -0.25) is 0 Å². The average Bonchev–Trinajstić information content (AvgIpc) is 2.69. The number of aromatic nitrogens is 2. The molecule has 1 aliphatic rings. The number of halogens is 1. The minimum Gasteiger partial charge on any atom is -0.487 e. The van der Waals surface area contributed by atoms with Crippen LogP contribution >= 0.6 is 0 Å². The molecule has 0 unspecified atom stereocenters. The number of benzene rings is 2. The van der Waals surface area contributed by atoms with Gasteiger partial charge in [0.15, 0.2) is 0 Å². The third-order valence-electron chi connectivity index (χ3n) is 4.99. The van der Waals surface area contributed by atoms with E-state index >= 15 is 0 Å². The number of piperidine rings is 1. The molecule has 9 heteroatoms. The van der Waals surface area contributed by atoms with Gasteiger partial charge in [0.1, 0.15) is 29.8 Å². The maximum absolute atomic E-state index is 14.0. The summed E-state index contributed by atoms with van der Waals surface area (Å²) in [5.41, 5.74) is 2.82. The number of ether oxygens (including phenoxy) is 1. The molecule has 1 saturated heterocycles. The van der Waals surface area contributed by atoms with E-state index in [1.807, 2.05) is 13.0 Å². The van der Waals surface area contributed by atoms with Gasteiger partial charge in [0.25, 0.3) is 0 Å². The van der Waals surface area contributed by atoms with Gasteiger partial charge in [-0.25, -0.2) is 18.6 Å². The summed E-state index contributed by atoms with van der Waals surface area (Å²) in [6.07, 6.45) is 6.57. The second kappa shape index (κ2) is 8.76. The summed E-state index contributed by atoms with van der Waals surface area (Å²) < 4.78 is 36.4. The zero-order valence-electron chi connectivity index (χ0n) is 17.8. The predicted octanol–water partition coefficient (Wildman–Crippen LogP) is 4.31. The van der Waals surface area contributed by atoms with Crippen molar-refractivity contribution in [3.8, 4) is 5.75 Å². The van der Waals surface area contributed by atoms with E-state index in [9.17, 15) is 8.60 Å². The summed E-state index contributed by atoms with van der Waals surface area (Å²) in [7, 11) is -2.29. The summed E-state index contributed by atoms with van der Waals surface area (Å²) in [5, 5.41) is 7.41. The van der Waals surface area contributed by atoms with E-state index in [2.05, 4.69) is 25.0 Å². The molecule has 0 aliphatic carbocycles. The molecule has 1 atom stereocenters. The van der Waals surface area contributed by atoms with E-state index in [0.29, 0.717) is 28.5 Å². The molecule has 2 heterocycles. The smallest absolute Gasteiger partial charge is 0.146 e. The Labute approximate surface area is 181 Å². The Bertz CT molecular complexity index is 1230. The molecule has 3 aromatic rings. The van der Waals surface area contributed by atoms with E-state index < -0.39 is 9.73 Å². The predicted molar refractivity (Wildman–Crippen MR) is 123 cm³/mol. The normalized spacial score (nSPS) is 16.8. The van der Waals surface area contributed by atoms with Gasteiger partial charge < -0.3 is 15.4 Å². The Morgan fingerprint density at radius 1 is 1.26 bits per heavy atom. The highest BCUT2D eigenvalue weighted by Crippen LogP contribution is 2.34. The van der Waals surface area contributed by atoms with E-state index in [1.54, 1.807) is 24.6 Å². The number of aryl methyl sites for hydroxylation is 1. The van der Waals surface area contributed by atoms with Crippen molar-refractivity contribution < 1.29 is 13.3 Å². The van der Waals surface area contributed by atoms with Gasteiger partial charge in [-0.05, 0) is 56.1 Å². The summed E-state index contributed by atoms with van der Waals surface area (Å²) in [4.78, 5) is 8.77. The monoisotopic (exact) mass is 443 g/mol. The first-order chi connectivity index (χ1) is 14.8. The van der Waals surface area contributed by atoms with Crippen molar-refractivity contribution in [2.45, 2.75) is 25.9 Å². The molecule has 0 amide bonds. The quantitative estimate of drug-likeness (QED) is 0.611. The number of rotatable bonds is 5. The highest BCUT2D eigenvalue weighted by Gasteiger charge is 2.18. The van der Waals surface area contributed by atoms with Crippen molar-refractivity contribution in [3.05, 3.63) is 48.0 Å². The zero-order valence-corrected chi connectivity index (χ0v) is 18.6. The van der Waals surface area contributed by atoms with Crippen LogP contribution < -0.4 is 15.4 Å². The molecule has 31 heavy (non-hydrogen) atoms. The van der Waals surface area contributed by atoms with Crippen LogP contribution in [0, 0.1) is 12.7 Å². The molecular weight excluding hydrogens is 417 g/mol. The number of anilines is 2. The van der Waals surface area contributed by atoms with Gasteiger partial charge in [0, 0.05) is 40.2 Å². The Kier molecular flexibility index (Phi) is 6.06. The average molecular weight is 444 g/mol. The fraction of sp³-hybridized carbons (Fsp3) is 0.364. The first-order valence-corrected chi connectivity index (χ1v) is 12.5. The van der Waals surface area contributed by atoms with E-state index in [4.69, 9.17) is 4.74 Å². The summed E-state index contributed by atoms with van der Waals surface area (Å²) in [6, 6.07) is 8.08. The maximum atomic E-state index is 14.0. The van der Waals surface area contributed by atoms with Crippen LogP contribution in [-0.4, -0.2) is 45.9 Å². The van der Waals surface area contributed by atoms with Crippen molar-refractivity contribution in [3.63, 3.8) is 0 Å². The maximum Gasteiger partial charge on any atom is 0.146 e. The largest absolute Gasteiger partial charge is 0.487 e. The third kappa shape index (κ3) is 5.29. The molecule has 1 fully saturated rings. The Hall–Kier alpha value is -2.78. The van der Waals surface area contributed by atoms with Crippen molar-refractivity contribution >= 4 is 37.8 Å². The molecule has 0 bridgehead atoms. The lowest BCUT2D eigenvalue weighted by Crippen LogP contribution is -2.37. The van der Waals surface area contributed by atoms with Crippen LogP contribution in [0.25, 0.3) is 10.9 Å². The van der Waals surface area contributed by atoms with Crippen LogP contribution in [0.2, 0.25) is 0 Å². The van der Waals surface area contributed by atoms with Crippen LogP contribution in [0.5, 0.6) is 5.75 Å². The second-order valence-corrected chi connectivity index (χ2v) is 10.5. The molecular formula is C22H26FN5O2S. The molecule has 4 rings (SSSR count). The number of fused-ring (bicyclic) bond motifs is 1. The summed E-state index contributed by atoms with van der Waals surface area (Å²) in [5.74, 6) is 0.671. The van der Waals surface area contributed by atoms with Gasteiger partial charge >= 0.3 is 0 Å². The molecule has 2 aromatic carbocycles. The van der Waals surface area contributed by atoms with Crippen molar-refractivity contribution in [2.75, 3.05) is 30.9 Å². The minimum atomic E-state index is -2.29. The first kappa shape index (κ1) is 21.5. The number of hydrogen-bond donors (Lipinski definition) is 2. The van der Waals surface area contributed by atoms with Gasteiger partial charge in [-0.2, -0.15) is 4.36 Å². The number of hydrogen-bond acceptors (Lipinski definition) is 7. The lowest BCUT2D eigenvalue weighted by molar-refractivity contribution is 0.167. The fourth-order valence-corrected chi connectivity index (χ4v) is 4.31. The highest BCUT2D eigenvalue weighted by atomic mass is 32.2. The number of nitrogens with one attached hydrogen (secondary N) is 2. The van der Waals surface area contributed by atoms with E-state index in [0.717, 1.165) is 36.9 Å². The molecule has 0 radical (unpaired) electrons. The van der Waals surface area contributed by atoms with Gasteiger partial charge in [0.2, 0.25) is 0 Å². The second-order valence-electron chi connectivity index (χ2n) is 8.00. The lowest BCUT2D eigenvalue weighted by atomic mass is 10.1. The van der Waals surface area contributed by atoms with E-state index in [1.165, 1.54) is 18.5 Å². The molecule has 0 saturated carbocycles. The third-order valence-corrected chi connectivity index (χ3v) is 5.64. The molecule has 2 N–H and O–H groups in total. The highest BCUT2D eigenvalue weighted by molar-refractivity contribution is 7.92. The van der Waals surface area contributed by atoms with Gasteiger partial charge in [0.05, 0.1) is 16.9 Å². The molecule has 164 valence electrons. The van der Waals surface area contributed by atoms with Crippen LogP contribution in [0.4, 0.5) is 21.6 Å². The standard InChI is InChI=1S/C22H26FN5O2S/c1-14-9-16(28-31(2,3)29)11-19-21(14)22(26-13-25-19)27-18-7-6-15(23)10-20(18)30-17-5-4-8-24-12-17/h6-7,9-11,13,17,24H,4-5,8,12H2,1-3H3,(H,25,26,27)/t17-/m1/s1. The zero-order chi connectivity index (χ0) is 22.0.